The summed E-state index contributed by atoms with van der Waals surface area (Å²) in [6.45, 7) is 7.25. The van der Waals surface area contributed by atoms with Crippen LogP contribution in [0.4, 0.5) is 0 Å². The predicted molar refractivity (Wildman–Crippen MR) is 96.4 cm³/mol. The fraction of sp³-hybridized carbons (Fsp3) is 0.632. The van der Waals surface area contributed by atoms with E-state index < -0.39 is 0 Å². The van der Waals surface area contributed by atoms with Gasteiger partial charge in [0, 0.05) is 51.7 Å². The van der Waals surface area contributed by atoms with Crippen molar-refractivity contribution < 1.29 is 9.59 Å². The number of pyridine rings is 1. The lowest BCUT2D eigenvalue weighted by Gasteiger charge is -2.29. The zero-order valence-corrected chi connectivity index (χ0v) is 15.1. The van der Waals surface area contributed by atoms with Crippen LogP contribution in [0.25, 0.3) is 0 Å². The maximum Gasteiger partial charge on any atom is 0.255 e. The summed E-state index contributed by atoms with van der Waals surface area (Å²) in [6.07, 6.45) is 7.75. The Balaban J connectivity index is 1.54. The molecule has 0 radical (unpaired) electrons. The van der Waals surface area contributed by atoms with Gasteiger partial charge in [-0.25, -0.2) is 0 Å². The first-order valence-electron chi connectivity index (χ1n) is 9.35. The molecular weight excluding hydrogens is 316 g/mol. The standard InChI is InChI=1S/C19H28N4O2/c1-16-6-7-20-14-17(16)19(25)23-11-5-8-21(12-13-23)15-18(24)22-9-3-2-4-10-22/h6-7,14H,2-5,8-13,15H2,1H3. The van der Waals surface area contributed by atoms with Crippen molar-refractivity contribution in [2.45, 2.75) is 32.6 Å². The van der Waals surface area contributed by atoms with E-state index in [1.165, 1.54) is 6.42 Å². The van der Waals surface area contributed by atoms with E-state index in [2.05, 4.69) is 9.88 Å². The molecule has 0 spiro atoms. The average molecular weight is 344 g/mol. The minimum atomic E-state index is 0.0507. The summed E-state index contributed by atoms with van der Waals surface area (Å²) in [7, 11) is 0. The third-order valence-corrected chi connectivity index (χ3v) is 5.21. The molecule has 0 bridgehead atoms. The molecule has 6 nitrogen and oxygen atoms in total. The average Bonchev–Trinajstić information content (AvgIpc) is 2.88. The topological polar surface area (TPSA) is 56.8 Å². The maximum atomic E-state index is 12.7. The number of aryl methyl sites for hydroxylation is 1. The van der Waals surface area contributed by atoms with E-state index in [0.717, 1.165) is 57.5 Å². The molecule has 0 aliphatic carbocycles. The normalized spacial score (nSPS) is 19.6. The molecule has 3 rings (SSSR count). The Morgan fingerprint density at radius 2 is 1.72 bits per heavy atom. The molecule has 3 heterocycles. The van der Waals surface area contributed by atoms with Gasteiger partial charge < -0.3 is 9.80 Å². The number of piperidine rings is 1. The molecule has 0 saturated carbocycles. The van der Waals surface area contributed by atoms with Gasteiger partial charge in [-0.1, -0.05) is 0 Å². The molecule has 0 N–H and O–H groups in total. The number of amides is 2. The minimum Gasteiger partial charge on any atom is -0.342 e. The molecule has 2 fully saturated rings. The fourth-order valence-electron chi connectivity index (χ4n) is 3.62. The number of hydrogen-bond acceptors (Lipinski definition) is 4. The quantitative estimate of drug-likeness (QED) is 0.835. The fourth-order valence-corrected chi connectivity index (χ4v) is 3.62. The Morgan fingerprint density at radius 3 is 2.48 bits per heavy atom. The summed E-state index contributed by atoms with van der Waals surface area (Å²) in [5.41, 5.74) is 1.64. The smallest absolute Gasteiger partial charge is 0.255 e. The maximum absolute atomic E-state index is 12.7. The number of rotatable bonds is 3. The molecule has 0 aromatic carbocycles. The van der Waals surface area contributed by atoms with E-state index in [4.69, 9.17) is 0 Å². The zero-order valence-electron chi connectivity index (χ0n) is 15.1. The second-order valence-electron chi connectivity index (χ2n) is 7.05. The van der Waals surface area contributed by atoms with Gasteiger partial charge in [0.2, 0.25) is 5.91 Å². The highest BCUT2D eigenvalue weighted by Crippen LogP contribution is 2.13. The number of nitrogens with zero attached hydrogens (tertiary/aromatic N) is 4. The van der Waals surface area contributed by atoms with Gasteiger partial charge in [-0.2, -0.15) is 0 Å². The van der Waals surface area contributed by atoms with Crippen molar-refractivity contribution in [3.63, 3.8) is 0 Å². The van der Waals surface area contributed by atoms with Crippen LogP contribution in [-0.4, -0.2) is 77.3 Å². The van der Waals surface area contributed by atoms with E-state index in [1.54, 1.807) is 12.4 Å². The van der Waals surface area contributed by atoms with Crippen molar-refractivity contribution in [1.29, 1.82) is 0 Å². The number of hydrogen-bond donors (Lipinski definition) is 0. The van der Waals surface area contributed by atoms with Crippen molar-refractivity contribution in [2.75, 3.05) is 45.8 Å². The van der Waals surface area contributed by atoms with E-state index in [0.29, 0.717) is 18.7 Å². The number of carbonyl (C=O) groups is 2. The molecule has 2 saturated heterocycles. The van der Waals surface area contributed by atoms with Crippen LogP contribution in [0.2, 0.25) is 0 Å². The minimum absolute atomic E-state index is 0.0507. The largest absolute Gasteiger partial charge is 0.342 e. The van der Waals surface area contributed by atoms with Crippen molar-refractivity contribution >= 4 is 11.8 Å². The first kappa shape index (κ1) is 17.9. The van der Waals surface area contributed by atoms with E-state index in [9.17, 15) is 9.59 Å². The van der Waals surface area contributed by atoms with Crippen LogP contribution in [0.15, 0.2) is 18.5 Å². The van der Waals surface area contributed by atoms with Gasteiger partial charge in [0.05, 0.1) is 12.1 Å². The number of carbonyl (C=O) groups excluding carboxylic acids is 2. The van der Waals surface area contributed by atoms with Gasteiger partial charge >= 0.3 is 0 Å². The van der Waals surface area contributed by atoms with Crippen LogP contribution in [0.3, 0.4) is 0 Å². The first-order valence-corrected chi connectivity index (χ1v) is 9.35. The van der Waals surface area contributed by atoms with Crippen LogP contribution >= 0.6 is 0 Å². The first-order chi connectivity index (χ1) is 12.1. The van der Waals surface area contributed by atoms with Crippen molar-refractivity contribution in [2.24, 2.45) is 0 Å². The van der Waals surface area contributed by atoms with Gasteiger partial charge in [0.25, 0.3) is 5.91 Å². The van der Waals surface area contributed by atoms with E-state index in [-0.39, 0.29) is 11.8 Å². The summed E-state index contributed by atoms with van der Waals surface area (Å²) in [4.78, 5) is 35.4. The van der Waals surface area contributed by atoms with Gasteiger partial charge in [0.1, 0.15) is 0 Å². The van der Waals surface area contributed by atoms with Gasteiger partial charge in [-0.15, -0.1) is 0 Å². The molecule has 2 amide bonds. The highest BCUT2D eigenvalue weighted by molar-refractivity contribution is 5.95. The molecule has 2 aliphatic rings. The van der Waals surface area contributed by atoms with Crippen molar-refractivity contribution in [3.8, 4) is 0 Å². The monoisotopic (exact) mass is 344 g/mol. The second-order valence-corrected chi connectivity index (χ2v) is 7.05. The third kappa shape index (κ3) is 4.57. The Labute approximate surface area is 149 Å². The van der Waals surface area contributed by atoms with Gasteiger partial charge in [0.15, 0.2) is 0 Å². The van der Waals surface area contributed by atoms with Gasteiger partial charge in [-0.05, 0) is 44.2 Å². The number of likely N-dealkylation sites (tertiary alicyclic amines) is 1. The highest BCUT2D eigenvalue weighted by Gasteiger charge is 2.24. The summed E-state index contributed by atoms with van der Waals surface area (Å²) < 4.78 is 0. The summed E-state index contributed by atoms with van der Waals surface area (Å²) in [6, 6.07) is 1.87. The Bertz CT molecular complexity index is 613. The van der Waals surface area contributed by atoms with E-state index >= 15 is 0 Å². The molecular formula is C19H28N4O2. The van der Waals surface area contributed by atoms with Crippen LogP contribution in [0, 0.1) is 6.92 Å². The van der Waals surface area contributed by atoms with Crippen molar-refractivity contribution in [3.05, 3.63) is 29.6 Å². The van der Waals surface area contributed by atoms with Crippen LogP contribution in [0.1, 0.15) is 41.6 Å². The lowest BCUT2D eigenvalue weighted by molar-refractivity contribution is -0.133. The zero-order chi connectivity index (χ0) is 17.6. The Morgan fingerprint density at radius 1 is 0.960 bits per heavy atom. The molecule has 2 aliphatic heterocycles. The third-order valence-electron chi connectivity index (χ3n) is 5.21. The van der Waals surface area contributed by atoms with Crippen molar-refractivity contribution in [1.82, 2.24) is 19.7 Å². The summed E-state index contributed by atoms with van der Waals surface area (Å²) >= 11 is 0. The predicted octanol–water partition coefficient (Wildman–Crippen LogP) is 1.55. The molecule has 136 valence electrons. The van der Waals surface area contributed by atoms with Gasteiger partial charge in [-0.3, -0.25) is 19.5 Å². The lowest BCUT2D eigenvalue weighted by atomic mass is 10.1. The second kappa shape index (κ2) is 8.43. The van der Waals surface area contributed by atoms with Crippen LogP contribution < -0.4 is 0 Å². The summed E-state index contributed by atoms with van der Waals surface area (Å²) in [5.74, 6) is 0.289. The number of aromatic nitrogens is 1. The van der Waals surface area contributed by atoms with E-state index in [1.807, 2.05) is 22.8 Å². The molecule has 1 aromatic heterocycles. The lowest BCUT2D eigenvalue weighted by Crippen LogP contribution is -2.44. The molecule has 6 heteroatoms. The Hall–Kier alpha value is -1.95. The van der Waals surface area contributed by atoms with Crippen LogP contribution in [0.5, 0.6) is 0 Å². The molecule has 0 atom stereocenters. The molecule has 25 heavy (non-hydrogen) atoms. The SMILES string of the molecule is Cc1ccncc1C(=O)N1CCCN(CC(=O)N2CCCCC2)CC1. The Kier molecular flexibility index (Phi) is 6.02. The highest BCUT2D eigenvalue weighted by atomic mass is 16.2. The van der Waals surface area contributed by atoms with Crippen LogP contribution in [-0.2, 0) is 4.79 Å². The molecule has 1 aromatic rings. The molecule has 0 unspecified atom stereocenters. The summed E-state index contributed by atoms with van der Waals surface area (Å²) in [5, 5.41) is 0.